The first kappa shape index (κ1) is 30.6. The molecule has 6 rings (SSSR count). The summed E-state index contributed by atoms with van der Waals surface area (Å²) in [4.78, 5) is 14.2. The third kappa shape index (κ3) is 5.74. The van der Waals surface area contributed by atoms with Crippen LogP contribution in [0.2, 0.25) is 0 Å². The van der Waals surface area contributed by atoms with Crippen LogP contribution >= 0.6 is 0 Å². The van der Waals surface area contributed by atoms with Crippen molar-refractivity contribution in [1.29, 1.82) is 0 Å². The summed E-state index contributed by atoms with van der Waals surface area (Å²) in [7, 11) is 1.30. The number of rotatable bonds is 8. The number of ether oxygens (including phenoxy) is 2. The Morgan fingerprint density at radius 1 is 1.11 bits per heavy atom. The van der Waals surface area contributed by atoms with Crippen LogP contribution in [0, 0.1) is 5.92 Å². The van der Waals surface area contributed by atoms with E-state index in [1.165, 1.54) is 25.2 Å². The van der Waals surface area contributed by atoms with Gasteiger partial charge >= 0.3 is 6.18 Å². The van der Waals surface area contributed by atoms with Gasteiger partial charge in [0.15, 0.2) is 0 Å². The summed E-state index contributed by atoms with van der Waals surface area (Å²) in [5, 5.41) is 3.65. The monoisotopic (exact) mass is 609 g/mol. The summed E-state index contributed by atoms with van der Waals surface area (Å²) in [6.07, 6.45) is 1.12. The number of hydrogen-bond acceptors (Lipinski definition) is 7. The van der Waals surface area contributed by atoms with E-state index in [9.17, 15) is 13.2 Å². The van der Waals surface area contributed by atoms with Gasteiger partial charge < -0.3 is 19.7 Å². The molecular formula is C34H42F3N5O2. The molecule has 44 heavy (non-hydrogen) atoms. The predicted octanol–water partition coefficient (Wildman–Crippen LogP) is 6.31. The number of pyridine rings is 2. The molecule has 2 saturated heterocycles. The highest BCUT2D eigenvalue weighted by Crippen LogP contribution is 2.50. The fourth-order valence-electron chi connectivity index (χ4n) is 7.78. The molecule has 0 bridgehead atoms. The molecule has 7 nitrogen and oxygen atoms in total. The zero-order chi connectivity index (χ0) is 30.9. The van der Waals surface area contributed by atoms with Gasteiger partial charge in [-0.25, -0.2) is 4.98 Å². The largest absolute Gasteiger partial charge is 0.496 e. The first-order valence-corrected chi connectivity index (χ1v) is 15.8. The minimum atomic E-state index is -4.52. The number of hydrogen-bond donors (Lipinski definition) is 1. The van der Waals surface area contributed by atoms with Gasteiger partial charge in [0.1, 0.15) is 11.3 Å². The molecule has 5 heterocycles. The van der Waals surface area contributed by atoms with Crippen LogP contribution in [0.15, 0.2) is 48.7 Å². The van der Waals surface area contributed by atoms with Crippen molar-refractivity contribution >= 4 is 5.69 Å². The topological polar surface area (TPSA) is 62.8 Å². The number of nitrogens with one attached hydrogen (secondary N) is 1. The number of benzene rings is 1. The Hall–Kier alpha value is -3.37. The lowest BCUT2D eigenvalue weighted by Crippen LogP contribution is -2.58. The van der Waals surface area contributed by atoms with Crippen LogP contribution in [-0.2, 0) is 18.1 Å². The van der Waals surface area contributed by atoms with Gasteiger partial charge in [-0.05, 0) is 74.5 Å². The lowest BCUT2D eigenvalue weighted by atomic mass is 9.62. The summed E-state index contributed by atoms with van der Waals surface area (Å²) < 4.78 is 54.0. The summed E-state index contributed by atoms with van der Waals surface area (Å²) in [6.45, 7) is 9.23. The van der Waals surface area contributed by atoms with Gasteiger partial charge in [-0.1, -0.05) is 25.5 Å². The van der Waals surface area contributed by atoms with Gasteiger partial charge in [-0.2, -0.15) is 13.2 Å². The zero-order valence-corrected chi connectivity index (χ0v) is 25.8. The number of halogens is 3. The van der Waals surface area contributed by atoms with Crippen LogP contribution in [-0.4, -0.2) is 67.4 Å². The maximum atomic E-state index is 14.3. The minimum Gasteiger partial charge on any atom is -0.496 e. The van der Waals surface area contributed by atoms with Crippen LogP contribution in [0.25, 0.3) is 11.3 Å². The molecule has 236 valence electrons. The molecule has 2 aromatic heterocycles. The van der Waals surface area contributed by atoms with Crippen molar-refractivity contribution in [2.75, 3.05) is 51.3 Å². The average molecular weight is 610 g/mol. The van der Waals surface area contributed by atoms with E-state index in [2.05, 4.69) is 34.3 Å². The highest BCUT2D eigenvalue weighted by Gasteiger charge is 2.49. The van der Waals surface area contributed by atoms with Gasteiger partial charge in [-0.15, -0.1) is 0 Å². The van der Waals surface area contributed by atoms with E-state index in [4.69, 9.17) is 14.5 Å². The number of alkyl halides is 3. The smallest absolute Gasteiger partial charge is 0.421 e. The van der Waals surface area contributed by atoms with Gasteiger partial charge in [0, 0.05) is 50.4 Å². The van der Waals surface area contributed by atoms with Crippen LogP contribution < -0.4 is 19.7 Å². The van der Waals surface area contributed by atoms with E-state index in [1.807, 2.05) is 24.0 Å². The molecular weight excluding hydrogens is 567 g/mol. The third-order valence-corrected chi connectivity index (χ3v) is 9.75. The number of aromatic nitrogens is 2. The lowest BCUT2D eigenvalue weighted by Gasteiger charge is -2.54. The van der Waals surface area contributed by atoms with E-state index in [0.717, 1.165) is 62.4 Å². The molecule has 1 aromatic carbocycles. The molecule has 1 N–H and O–H groups in total. The maximum absolute atomic E-state index is 14.3. The molecule has 10 heteroatoms. The fourth-order valence-corrected chi connectivity index (χ4v) is 7.78. The standard InChI is InChI=1S/C34H42F3N5O2/c1-4-23-19-42(29-11-6-12-30(43-3)31(29)34(35,36)37)18-15-33(23)22-41(20-24-9-7-16-38-24)21-28-26(33)13-14-27(40-28)25-10-8-17-39-32(25)44-5-2/h6,8,10-14,17,23-24,38H,4-5,7,9,15-16,18-22H2,1-3H3/t23?,24-,33?/m1/s1. The Kier molecular flexibility index (Phi) is 8.75. The second kappa shape index (κ2) is 12.6. The van der Waals surface area contributed by atoms with Crippen molar-refractivity contribution in [2.24, 2.45) is 5.92 Å². The van der Waals surface area contributed by atoms with Crippen molar-refractivity contribution in [3.05, 3.63) is 65.5 Å². The Morgan fingerprint density at radius 2 is 1.98 bits per heavy atom. The van der Waals surface area contributed by atoms with Gasteiger partial charge in [0.05, 0.1) is 36.4 Å². The number of nitrogens with zero attached hydrogens (tertiary/aromatic N) is 4. The first-order chi connectivity index (χ1) is 21.3. The van der Waals surface area contributed by atoms with E-state index in [1.54, 1.807) is 18.3 Å². The Bertz CT molecular complexity index is 1460. The first-order valence-electron chi connectivity index (χ1n) is 15.8. The molecule has 0 radical (unpaired) electrons. The van der Waals surface area contributed by atoms with E-state index >= 15 is 0 Å². The maximum Gasteiger partial charge on any atom is 0.421 e. The van der Waals surface area contributed by atoms with Crippen LogP contribution in [0.5, 0.6) is 11.6 Å². The molecule has 0 amide bonds. The highest BCUT2D eigenvalue weighted by atomic mass is 19.4. The molecule has 1 spiro atoms. The third-order valence-electron chi connectivity index (χ3n) is 9.75. The predicted molar refractivity (Wildman–Crippen MR) is 165 cm³/mol. The van der Waals surface area contributed by atoms with Crippen LogP contribution in [0.1, 0.15) is 56.4 Å². The molecule has 3 aliphatic heterocycles. The van der Waals surface area contributed by atoms with Gasteiger partial charge in [0.25, 0.3) is 0 Å². The molecule has 3 aliphatic rings. The number of methoxy groups -OCH3 is 1. The molecule has 3 aromatic rings. The van der Waals surface area contributed by atoms with Gasteiger partial charge in [0.2, 0.25) is 5.88 Å². The van der Waals surface area contributed by atoms with E-state index in [0.29, 0.717) is 31.6 Å². The number of fused-ring (bicyclic) bond motifs is 2. The van der Waals surface area contributed by atoms with Crippen LogP contribution in [0.3, 0.4) is 0 Å². The lowest BCUT2D eigenvalue weighted by molar-refractivity contribution is -0.138. The van der Waals surface area contributed by atoms with E-state index < -0.39 is 11.7 Å². The fraction of sp³-hybridized carbons (Fsp3) is 0.529. The average Bonchev–Trinajstić information content (AvgIpc) is 3.53. The van der Waals surface area contributed by atoms with Crippen molar-refractivity contribution in [3.63, 3.8) is 0 Å². The van der Waals surface area contributed by atoms with Crippen LogP contribution in [0.4, 0.5) is 18.9 Å². The van der Waals surface area contributed by atoms with Crippen molar-refractivity contribution in [3.8, 4) is 22.9 Å². The minimum absolute atomic E-state index is 0.131. The van der Waals surface area contributed by atoms with Crippen molar-refractivity contribution in [2.45, 2.75) is 63.7 Å². The SMILES string of the molecule is CCOc1ncccc1-c1ccc2c(n1)CN(C[C@H]1CCCN1)CC21CCN(c2cccc(OC)c2C(F)(F)F)CC1CC. The Labute approximate surface area is 257 Å². The highest BCUT2D eigenvalue weighted by molar-refractivity contribution is 5.66. The Balaban J connectivity index is 1.39. The normalized spacial score (nSPS) is 24.0. The molecule has 0 aliphatic carbocycles. The zero-order valence-electron chi connectivity index (χ0n) is 25.8. The molecule has 2 unspecified atom stereocenters. The molecule has 3 atom stereocenters. The number of anilines is 1. The Morgan fingerprint density at radius 3 is 2.70 bits per heavy atom. The van der Waals surface area contributed by atoms with Gasteiger partial charge in [-0.3, -0.25) is 9.88 Å². The number of piperidine rings is 1. The van der Waals surface area contributed by atoms with E-state index in [-0.39, 0.29) is 22.8 Å². The molecule has 0 saturated carbocycles. The second-order valence-corrected chi connectivity index (χ2v) is 12.3. The summed E-state index contributed by atoms with van der Waals surface area (Å²) >= 11 is 0. The van der Waals surface area contributed by atoms with Crippen molar-refractivity contribution in [1.82, 2.24) is 20.2 Å². The van der Waals surface area contributed by atoms with Crippen molar-refractivity contribution < 1.29 is 22.6 Å². The second-order valence-electron chi connectivity index (χ2n) is 12.3. The summed E-state index contributed by atoms with van der Waals surface area (Å²) in [5.41, 5.74) is 3.24. The summed E-state index contributed by atoms with van der Waals surface area (Å²) in [6, 6.07) is 13.2. The quantitative estimate of drug-likeness (QED) is 0.321. The molecule has 2 fully saturated rings. The summed E-state index contributed by atoms with van der Waals surface area (Å²) in [5.74, 6) is 0.560.